The Labute approximate surface area is 147 Å². The molecule has 0 spiro atoms. The Balaban J connectivity index is 1.69. The van der Waals surface area contributed by atoms with Crippen molar-refractivity contribution < 1.29 is 8.78 Å². The minimum Gasteiger partial charge on any atom is -0.373 e. The van der Waals surface area contributed by atoms with Crippen LogP contribution in [-0.2, 0) is 0 Å². The molecule has 26 heavy (non-hydrogen) atoms. The summed E-state index contributed by atoms with van der Waals surface area (Å²) in [6, 6.07) is 4.54. The maximum Gasteiger partial charge on any atom is 0.274 e. The molecule has 0 bridgehead atoms. The molecule has 7 nitrogen and oxygen atoms in total. The van der Waals surface area contributed by atoms with Crippen LogP contribution >= 0.6 is 0 Å². The molecule has 0 saturated heterocycles. The average Bonchev–Trinajstić information content (AvgIpc) is 2.95. The van der Waals surface area contributed by atoms with Gasteiger partial charge in [-0.3, -0.25) is 4.79 Å². The van der Waals surface area contributed by atoms with Gasteiger partial charge in [0.2, 0.25) is 0 Å². The van der Waals surface area contributed by atoms with Crippen LogP contribution in [-0.4, -0.2) is 32.1 Å². The lowest BCUT2D eigenvalue weighted by Gasteiger charge is -2.36. The van der Waals surface area contributed by atoms with Crippen molar-refractivity contribution in [3.05, 3.63) is 46.5 Å². The van der Waals surface area contributed by atoms with Crippen molar-refractivity contribution in [2.24, 2.45) is 0 Å². The molecule has 3 aromatic rings. The zero-order chi connectivity index (χ0) is 18.5. The molecular weight excluding hydrogens is 342 g/mol. The van der Waals surface area contributed by atoms with Crippen LogP contribution in [0.15, 0.2) is 35.4 Å². The van der Waals surface area contributed by atoms with Crippen molar-refractivity contribution in [3.8, 4) is 0 Å². The lowest BCUT2D eigenvalue weighted by Crippen LogP contribution is -2.41. The number of hydrogen-bond acceptors (Lipinski definition) is 5. The second-order valence-corrected chi connectivity index (χ2v) is 6.52. The lowest BCUT2D eigenvalue weighted by atomic mass is 9.88. The van der Waals surface area contributed by atoms with Crippen LogP contribution in [0.2, 0.25) is 0 Å². The summed E-state index contributed by atoms with van der Waals surface area (Å²) in [7, 11) is 1.77. The number of nitrogens with one attached hydrogen (secondary N) is 2. The van der Waals surface area contributed by atoms with Gasteiger partial charge in [-0.2, -0.15) is 9.61 Å². The van der Waals surface area contributed by atoms with Crippen LogP contribution in [0, 0.1) is 6.92 Å². The van der Waals surface area contributed by atoms with Gasteiger partial charge in [0, 0.05) is 43.8 Å². The van der Waals surface area contributed by atoms with Gasteiger partial charge in [-0.15, -0.1) is 0 Å². The van der Waals surface area contributed by atoms with Gasteiger partial charge < -0.3 is 15.2 Å². The van der Waals surface area contributed by atoms with E-state index in [9.17, 15) is 13.6 Å². The van der Waals surface area contributed by atoms with Crippen LogP contribution < -0.4 is 16.2 Å². The van der Waals surface area contributed by atoms with Crippen molar-refractivity contribution in [3.63, 3.8) is 0 Å². The molecule has 136 valence electrons. The monoisotopic (exact) mass is 360 g/mol. The fourth-order valence-electron chi connectivity index (χ4n) is 3.17. The zero-order valence-electron chi connectivity index (χ0n) is 14.3. The number of alkyl halides is 2. The van der Waals surface area contributed by atoms with E-state index in [1.165, 1.54) is 4.57 Å². The summed E-state index contributed by atoms with van der Waals surface area (Å²) in [5, 5.41) is 10.3. The van der Waals surface area contributed by atoms with Crippen molar-refractivity contribution >= 4 is 23.0 Å². The Bertz CT molecular complexity index is 1030. The van der Waals surface area contributed by atoms with E-state index in [1.54, 1.807) is 42.2 Å². The molecular formula is C17H18F2N6O. The molecule has 0 unspecified atom stereocenters. The fourth-order valence-corrected chi connectivity index (χ4v) is 3.17. The zero-order valence-corrected chi connectivity index (χ0v) is 14.3. The van der Waals surface area contributed by atoms with Crippen LogP contribution in [0.4, 0.5) is 26.1 Å². The predicted octanol–water partition coefficient (Wildman–Crippen LogP) is 2.95. The maximum atomic E-state index is 13.1. The van der Waals surface area contributed by atoms with E-state index in [4.69, 9.17) is 0 Å². The number of anilines is 3. The quantitative estimate of drug-likeness (QED) is 0.748. The molecule has 0 atom stereocenters. The third-order valence-electron chi connectivity index (χ3n) is 4.60. The highest BCUT2D eigenvalue weighted by molar-refractivity contribution is 5.64. The second kappa shape index (κ2) is 5.79. The Morgan fingerprint density at radius 2 is 2.12 bits per heavy atom. The number of nitrogens with zero attached hydrogens (tertiary/aromatic N) is 4. The molecule has 0 aromatic carbocycles. The van der Waals surface area contributed by atoms with E-state index < -0.39 is 12.0 Å². The van der Waals surface area contributed by atoms with Crippen molar-refractivity contribution in [2.45, 2.75) is 31.7 Å². The van der Waals surface area contributed by atoms with Crippen molar-refractivity contribution in [1.29, 1.82) is 0 Å². The topological polar surface area (TPSA) is 76.2 Å². The molecule has 1 fully saturated rings. The molecule has 1 saturated carbocycles. The number of aromatic nitrogens is 4. The minimum absolute atomic E-state index is 0.291. The summed E-state index contributed by atoms with van der Waals surface area (Å²) in [4.78, 5) is 17.1. The molecule has 0 amide bonds. The smallest absolute Gasteiger partial charge is 0.274 e. The van der Waals surface area contributed by atoms with Crippen LogP contribution in [0.1, 0.15) is 24.4 Å². The van der Waals surface area contributed by atoms with Gasteiger partial charge in [-0.1, -0.05) is 0 Å². The third-order valence-corrected chi connectivity index (χ3v) is 4.60. The van der Waals surface area contributed by atoms with Crippen LogP contribution in [0.25, 0.3) is 5.65 Å². The first-order valence-electron chi connectivity index (χ1n) is 8.27. The Morgan fingerprint density at radius 3 is 2.81 bits per heavy atom. The maximum absolute atomic E-state index is 13.1. The molecule has 3 aromatic heterocycles. The molecule has 4 rings (SSSR count). The largest absolute Gasteiger partial charge is 0.373 e. The van der Waals surface area contributed by atoms with Crippen LogP contribution in [0.3, 0.4) is 0 Å². The van der Waals surface area contributed by atoms with E-state index in [2.05, 4.69) is 20.7 Å². The SMILES string of the molecule is CNc1cc(Nc2cccn(C3CC(F)(F)C3)c2=O)nc2c(C)cnn12. The van der Waals surface area contributed by atoms with Gasteiger partial charge >= 0.3 is 0 Å². The number of hydrogen-bond donors (Lipinski definition) is 2. The van der Waals surface area contributed by atoms with Crippen molar-refractivity contribution in [2.75, 3.05) is 17.7 Å². The molecule has 9 heteroatoms. The molecule has 0 aliphatic heterocycles. The summed E-state index contributed by atoms with van der Waals surface area (Å²) in [5.74, 6) is -1.50. The van der Waals surface area contributed by atoms with Gasteiger partial charge in [0.25, 0.3) is 11.5 Å². The summed E-state index contributed by atoms with van der Waals surface area (Å²) in [5.41, 5.74) is 1.51. The summed E-state index contributed by atoms with van der Waals surface area (Å²) >= 11 is 0. The second-order valence-electron chi connectivity index (χ2n) is 6.52. The molecule has 1 aliphatic carbocycles. The highest BCUT2D eigenvalue weighted by Crippen LogP contribution is 2.44. The Hall–Kier alpha value is -2.97. The van der Waals surface area contributed by atoms with Gasteiger partial charge in [-0.05, 0) is 19.1 Å². The summed E-state index contributed by atoms with van der Waals surface area (Å²) in [6.07, 6.45) is 2.64. The lowest BCUT2D eigenvalue weighted by molar-refractivity contribution is -0.104. The fraction of sp³-hybridized carbons (Fsp3) is 0.353. The number of rotatable bonds is 4. The van der Waals surface area contributed by atoms with E-state index in [0.29, 0.717) is 23.0 Å². The number of aryl methyl sites for hydroxylation is 1. The van der Waals surface area contributed by atoms with E-state index in [1.807, 2.05) is 6.92 Å². The standard InChI is InChI=1S/C17H18F2N6O/c1-10-9-21-25-14(20-2)6-13(23-15(10)25)22-12-4-3-5-24(16(12)26)11-7-17(18,19)8-11/h3-6,9,11,20H,7-8H2,1-2H3,(H,22,23). The average molecular weight is 360 g/mol. The van der Waals surface area contributed by atoms with E-state index in [-0.39, 0.29) is 18.4 Å². The van der Waals surface area contributed by atoms with Crippen molar-refractivity contribution in [1.82, 2.24) is 19.2 Å². The summed E-state index contributed by atoms with van der Waals surface area (Å²) < 4.78 is 29.3. The van der Waals surface area contributed by atoms with Gasteiger partial charge in [0.05, 0.1) is 6.20 Å². The van der Waals surface area contributed by atoms with E-state index in [0.717, 1.165) is 5.56 Å². The highest BCUT2D eigenvalue weighted by atomic mass is 19.3. The number of pyridine rings is 1. The highest BCUT2D eigenvalue weighted by Gasteiger charge is 2.46. The van der Waals surface area contributed by atoms with Gasteiger partial charge in [0.1, 0.15) is 17.3 Å². The molecule has 0 radical (unpaired) electrons. The van der Waals surface area contributed by atoms with Crippen LogP contribution in [0.5, 0.6) is 0 Å². The molecule has 2 N–H and O–H groups in total. The molecule has 1 aliphatic rings. The Kier molecular flexibility index (Phi) is 3.67. The normalized spacial score (nSPS) is 16.5. The summed E-state index contributed by atoms with van der Waals surface area (Å²) in [6.45, 7) is 1.89. The number of fused-ring (bicyclic) bond motifs is 1. The first-order valence-corrected chi connectivity index (χ1v) is 8.27. The first kappa shape index (κ1) is 16.5. The van der Waals surface area contributed by atoms with Gasteiger partial charge in [0.15, 0.2) is 5.65 Å². The number of halogens is 2. The third kappa shape index (κ3) is 2.69. The van der Waals surface area contributed by atoms with E-state index >= 15 is 0 Å². The van der Waals surface area contributed by atoms with Gasteiger partial charge in [-0.25, -0.2) is 13.8 Å². The Morgan fingerprint density at radius 1 is 1.35 bits per heavy atom. The predicted molar refractivity (Wildman–Crippen MR) is 94.5 cm³/mol. The minimum atomic E-state index is -2.68. The molecule has 3 heterocycles. The first-order chi connectivity index (χ1) is 12.4.